The Labute approximate surface area is 104 Å². The van der Waals surface area contributed by atoms with Gasteiger partial charge in [0, 0.05) is 5.75 Å². The summed E-state index contributed by atoms with van der Waals surface area (Å²) < 4.78 is 10.8. The zero-order chi connectivity index (χ0) is 12.4. The summed E-state index contributed by atoms with van der Waals surface area (Å²) in [6.45, 7) is 3.77. The fourth-order valence-electron chi connectivity index (χ4n) is 1.68. The van der Waals surface area contributed by atoms with E-state index in [0.29, 0.717) is 17.4 Å². The zero-order valence-corrected chi connectivity index (χ0v) is 10.6. The molecule has 0 radical (unpaired) electrons. The SMILES string of the molecule is Cc1nc(SCC2CCC(C(=O)O)O2)oc1C. The van der Waals surface area contributed by atoms with Crippen molar-refractivity contribution in [3.05, 3.63) is 11.5 Å². The number of rotatable bonds is 4. The lowest BCUT2D eigenvalue weighted by atomic mass is 10.2. The Bertz CT molecular complexity index is 398. The Balaban J connectivity index is 1.81. The fraction of sp³-hybridized carbons (Fsp3) is 0.636. The number of oxazole rings is 1. The predicted octanol–water partition coefficient (Wildman–Crippen LogP) is 2.02. The maximum absolute atomic E-state index is 10.7. The molecule has 0 saturated carbocycles. The number of hydrogen-bond acceptors (Lipinski definition) is 5. The van der Waals surface area contributed by atoms with Crippen LogP contribution in [0.15, 0.2) is 9.64 Å². The molecule has 0 aliphatic carbocycles. The highest BCUT2D eigenvalue weighted by atomic mass is 32.2. The second-order valence-corrected chi connectivity index (χ2v) is 5.07. The van der Waals surface area contributed by atoms with Crippen LogP contribution >= 0.6 is 11.8 Å². The van der Waals surface area contributed by atoms with E-state index in [1.807, 2.05) is 13.8 Å². The Morgan fingerprint density at radius 2 is 2.29 bits per heavy atom. The molecule has 1 aliphatic heterocycles. The smallest absolute Gasteiger partial charge is 0.332 e. The first kappa shape index (κ1) is 12.4. The summed E-state index contributed by atoms with van der Waals surface area (Å²) in [5.74, 6) is 0.631. The number of hydrogen-bond donors (Lipinski definition) is 1. The minimum absolute atomic E-state index is 0.0198. The average Bonchev–Trinajstić information content (AvgIpc) is 2.84. The van der Waals surface area contributed by atoms with Crippen LogP contribution in [0.25, 0.3) is 0 Å². The molecule has 1 saturated heterocycles. The molecule has 94 valence electrons. The largest absolute Gasteiger partial charge is 0.479 e. The third kappa shape index (κ3) is 3.01. The van der Waals surface area contributed by atoms with E-state index in [4.69, 9.17) is 14.3 Å². The van der Waals surface area contributed by atoms with Gasteiger partial charge in [-0.3, -0.25) is 0 Å². The van der Waals surface area contributed by atoms with E-state index < -0.39 is 12.1 Å². The van der Waals surface area contributed by atoms with Crippen molar-refractivity contribution in [3.8, 4) is 0 Å². The molecule has 1 N–H and O–H groups in total. The van der Waals surface area contributed by atoms with E-state index in [1.165, 1.54) is 11.8 Å². The van der Waals surface area contributed by atoms with Crippen LogP contribution in [0.1, 0.15) is 24.3 Å². The quantitative estimate of drug-likeness (QED) is 0.832. The van der Waals surface area contributed by atoms with Crippen molar-refractivity contribution < 1.29 is 19.1 Å². The molecule has 5 nitrogen and oxygen atoms in total. The lowest BCUT2D eigenvalue weighted by Gasteiger charge is -2.08. The molecule has 2 atom stereocenters. The van der Waals surface area contributed by atoms with Crippen molar-refractivity contribution in [1.82, 2.24) is 4.98 Å². The van der Waals surface area contributed by atoms with Crippen LogP contribution in [-0.2, 0) is 9.53 Å². The van der Waals surface area contributed by atoms with Crippen molar-refractivity contribution in [2.45, 2.75) is 44.1 Å². The predicted molar refractivity (Wildman–Crippen MR) is 62.2 cm³/mol. The molecule has 1 aliphatic rings. The summed E-state index contributed by atoms with van der Waals surface area (Å²) in [4.78, 5) is 15.0. The van der Waals surface area contributed by atoms with Crippen molar-refractivity contribution >= 4 is 17.7 Å². The number of aliphatic carboxylic acids is 1. The highest BCUT2D eigenvalue weighted by molar-refractivity contribution is 7.99. The van der Waals surface area contributed by atoms with Gasteiger partial charge in [-0.05, 0) is 26.7 Å². The van der Waals surface area contributed by atoms with Crippen LogP contribution in [-0.4, -0.2) is 34.0 Å². The molecule has 6 heteroatoms. The lowest BCUT2D eigenvalue weighted by molar-refractivity contribution is -0.148. The summed E-state index contributed by atoms with van der Waals surface area (Å²) >= 11 is 1.47. The normalized spacial score (nSPS) is 24.1. The number of ether oxygens (including phenoxy) is 1. The van der Waals surface area contributed by atoms with Gasteiger partial charge in [-0.1, -0.05) is 11.8 Å². The van der Waals surface area contributed by atoms with E-state index in [1.54, 1.807) is 0 Å². The Kier molecular flexibility index (Phi) is 3.73. The van der Waals surface area contributed by atoms with Gasteiger partial charge in [0.15, 0.2) is 6.10 Å². The van der Waals surface area contributed by atoms with Gasteiger partial charge in [0.05, 0.1) is 11.8 Å². The van der Waals surface area contributed by atoms with Gasteiger partial charge < -0.3 is 14.3 Å². The van der Waals surface area contributed by atoms with Gasteiger partial charge >= 0.3 is 5.97 Å². The third-order valence-electron chi connectivity index (χ3n) is 2.78. The topological polar surface area (TPSA) is 72.6 Å². The number of carbonyl (C=O) groups is 1. The Morgan fingerprint density at radius 3 is 2.82 bits per heavy atom. The first-order valence-corrected chi connectivity index (χ1v) is 6.50. The van der Waals surface area contributed by atoms with Crippen LogP contribution in [0.2, 0.25) is 0 Å². The maximum Gasteiger partial charge on any atom is 0.332 e. The van der Waals surface area contributed by atoms with E-state index >= 15 is 0 Å². The molecule has 17 heavy (non-hydrogen) atoms. The van der Waals surface area contributed by atoms with Crippen molar-refractivity contribution in [1.29, 1.82) is 0 Å². The molecule has 2 heterocycles. The number of carboxylic acids is 1. The third-order valence-corrected chi connectivity index (χ3v) is 3.74. The summed E-state index contributed by atoms with van der Waals surface area (Å²) in [7, 11) is 0. The van der Waals surface area contributed by atoms with Gasteiger partial charge in [0.25, 0.3) is 5.22 Å². The van der Waals surface area contributed by atoms with E-state index in [2.05, 4.69) is 4.98 Å². The number of carboxylic acid groups (broad SMARTS) is 1. The molecule has 2 rings (SSSR count). The summed E-state index contributed by atoms with van der Waals surface area (Å²) in [5.41, 5.74) is 0.892. The number of thioether (sulfide) groups is 1. The first-order chi connectivity index (χ1) is 8.06. The molecule has 1 aromatic rings. The molecular weight excluding hydrogens is 242 g/mol. The second kappa shape index (κ2) is 5.10. The van der Waals surface area contributed by atoms with Gasteiger partial charge in [-0.15, -0.1) is 0 Å². The minimum Gasteiger partial charge on any atom is -0.479 e. The molecule has 2 unspecified atom stereocenters. The van der Waals surface area contributed by atoms with Gasteiger partial charge in [-0.25, -0.2) is 9.78 Å². The van der Waals surface area contributed by atoms with Crippen molar-refractivity contribution in [3.63, 3.8) is 0 Å². The monoisotopic (exact) mass is 257 g/mol. The number of nitrogens with zero attached hydrogens (tertiary/aromatic N) is 1. The van der Waals surface area contributed by atoms with E-state index in [9.17, 15) is 4.79 Å². The average molecular weight is 257 g/mol. The van der Waals surface area contributed by atoms with Crippen LogP contribution < -0.4 is 0 Å². The summed E-state index contributed by atoms with van der Waals surface area (Å²) in [6, 6.07) is 0. The molecule has 0 bridgehead atoms. The molecule has 0 spiro atoms. The molecule has 1 fully saturated rings. The molecular formula is C11H15NO4S. The molecule has 1 aromatic heterocycles. The molecule has 0 amide bonds. The first-order valence-electron chi connectivity index (χ1n) is 5.51. The zero-order valence-electron chi connectivity index (χ0n) is 9.80. The summed E-state index contributed by atoms with van der Waals surface area (Å²) in [6.07, 6.45) is 0.703. The number of aromatic nitrogens is 1. The van der Waals surface area contributed by atoms with Crippen molar-refractivity contribution in [2.24, 2.45) is 0 Å². The molecule has 0 aromatic carbocycles. The highest BCUT2D eigenvalue weighted by Gasteiger charge is 2.30. The highest BCUT2D eigenvalue weighted by Crippen LogP contribution is 2.27. The van der Waals surface area contributed by atoms with Crippen LogP contribution in [0.4, 0.5) is 0 Å². The van der Waals surface area contributed by atoms with E-state index in [-0.39, 0.29) is 6.10 Å². The Morgan fingerprint density at radius 1 is 1.53 bits per heavy atom. The number of aryl methyl sites for hydroxylation is 2. The van der Waals surface area contributed by atoms with Crippen LogP contribution in [0, 0.1) is 13.8 Å². The fourth-order valence-corrected chi connectivity index (χ4v) is 2.64. The van der Waals surface area contributed by atoms with Gasteiger partial charge in [0.1, 0.15) is 5.76 Å². The van der Waals surface area contributed by atoms with Crippen LogP contribution in [0.5, 0.6) is 0 Å². The maximum atomic E-state index is 10.7. The van der Waals surface area contributed by atoms with E-state index in [0.717, 1.165) is 17.9 Å². The van der Waals surface area contributed by atoms with Gasteiger partial charge in [-0.2, -0.15) is 0 Å². The lowest BCUT2D eigenvalue weighted by Crippen LogP contribution is -2.21. The second-order valence-electron chi connectivity index (χ2n) is 4.09. The van der Waals surface area contributed by atoms with Crippen LogP contribution in [0.3, 0.4) is 0 Å². The summed E-state index contributed by atoms with van der Waals surface area (Å²) in [5, 5.41) is 9.42. The Hall–Kier alpha value is -1.01. The van der Waals surface area contributed by atoms with Gasteiger partial charge in [0.2, 0.25) is 0 Å². The minimum atomic E-state index is -0.875. The standard InChI is InChI=1S/C11H15NO4S/c1-6-7(2)15-11(12-6)17-5-8-3-4-9(16-8)10(13)14/h8-9H,3-5H2,1-2H3,(H,13,14). The van der Waals surface area contributed by atoms with Crippen molar-refractivity contribution in [2.75, 3.05) is 5.75 Å².